The highest BCUT2D eigenvalue weighted by atomic mass is 79.9. The van der Waals surface area contributed by atoms with Gasteiger partial charge in [-0.25, -0.2) is 4.98 Å². The molecule has 3 nitrogen and oxygen atoms in total. The average molecular weight is 244 g/mol. The zero-order valence-corrected chi connectivity index (χ0v) is 9.64. The summed E-state index contributed by atoms with van der Waals surface area (Å²) >= 11 is 3.39. The summed E-state index contributed by atoms with van der Waals surface area (Å²) in [5.41, 5.74) is 1.02. The molecule has 0 aliphatic heterocycles. The van der Waals surface area contributed by atoms with Crippen molar-refractivity contribution in [2.75, 3.05) is 17.7 Å². The zero-order valence-electron chi connectivity index (χ0n) is 8.06. The third kappa shape index (κ3) is 2.88. The van der Waals surface area contributed by atoms with Gasteiger partial charge >= 0.3 is 0 Å². The Morgan fingerprint density at radius 1 is 1.46 bits per heavy atom. The van der Waals surface area contributed by atoms with Crippen molar-refractivity contribution in [1.82, 2.24) is 4.98 Å². The smallest absolute Gasteiger partial charge is 0.149 e. The second-order valence-corrected chi connectivity index (χ2v) is 4.01. The molecule has 0 unspecified atom stereocenters. The quantitative estimate of drug-likeness (QED) is 0.858. The summed E-state index contributed by atoms with van der Waals surface area (Å²) in [7, 11) is 1.86. The number of anilines is 2. The predicted octanol–water partition coefficient (Wildman–Crippen LogP) is 2.71. The highest BCUT2D eigenvalue weighted by Crippen LogP contribution is 2.23. The van der Waals surface area contributed by atoms with Crippen molar-refractivity contribution in [2.24, 2.45) is 0 Å². The van der Waals surface area contributed by atoms with Crippen molar-refractivity contribution in [2.45, 2.75) is 19.9 Å². The Bertz CT molecular complexity index is 286. The van der Waals surface area contributed by atoms with Crippen molar-refractivity contribution >= 4 is 27.4 Å². The highest BCUT2D eigenvalue weighted by molar-refractivity contribution is 9.10. The molecule has 2 N–H and O–H groups in total. The van der Waals surface area contributed by atoms with Gasteiger partial charge in [-0.1, -0.05) is 0 Å². The normalized spacial score (nSPS) is 10.2. The largest absolute Gasteiger partial charge is 0.380 e. The fraction of sp³-hybridized carbons (Fsp3) is 0.444. The molecule has 1 aromatic rings. The van der Waals surface area contributed by atoms with E-state index in [-0.39, 0.29) is 0 Å². The second-order valence-electron chi connectivity index (χ2n) is 3.10. The molecule has 1 aromatic heterocycles. The lowest BCUT2D eigenvalue weighted by Gasteiger charge is -2.13. The lowest BCUT2D eigenvalue weighted by atomic mass is 10.3. The molecule has 0 radical (unpaired) electrons. The van der Waals surface area contributed by atoms with Crippen LogP contribution in [0.2, 0.25) is 0 Å². The predicted molar refractivity (Wildman–Crippen MR) is 60.2 cm³/mol. The Labute approximate surface area is 87.1 Å². The molecule has 0 saturated carbocycles. The summed E-state index contributed by atoms with van der Waals surface area (Å²) in [6.45, 7) is 4.20. The number of aromatic nitrogens is 1. The minimum atomic E-state index is 0.406. The first-order valence-corrected chi connectivity index (χ1v) is 5.02. The Hall–Kier alpha value is -0.770. The van der Waals surface area contributed by atoms with E-state index >= 15 is 0 Å². The molecule has 13 heavy (non-hydrogen) atoms. The molecule has 0 aromatic carbocycles. The van der Waals surface area contributed by atoms with Crippen LogP contribution in [0.3, 0.4) is 0 Å². The van der Waals surface area contributed by atoms with E-state index in [1.165, 1.54) is 0 Å². The van der Waals surface area contributed by atoms with Gasteiger partial charge in [0.2, 0.25) is 0 Å². The Balaban J connectivity index is 2.94. The molecule has 1 rings (SSSR count). The van der Waals surface area contributed by atoms with Crippen molar-refractivity contribution < 1.29 is 0 Å². The van der Waals surface area contributed by atoms with Crippen LogP contribution in [0, 0.1) is 0 Å². The van der Waals surface area contributed by atoms with Gasteiger partial charge in [-0.15, -0.1) is 0 Å². The first kappa shape index (κ1) is 10.3. The molecule has 72 valence electrons. The number of nitrogens with one attached hydrogen (secondary N) is 2. The standard InChI is InChI=1S/C9H14BrN3/c1-6(2)13-8-4-7(10)5-12-9(8)11-3/h4-6,13H,1-3H3,(H,11,12). The SMILES string of the molecule is CNc1ncc(Br)cc1NC(C)C. The number of pyridine rings is 1. The van der Waals surface area contributed by atoms with Crippen LogP contribution in [-0.2, 0) is 0 Å². The van der Waals surface area contributed by atoms with Gasteiger partial charge in [0.1, 0.15) is 5.82 Å². The van der Waals surface area contributed by atoms with E-state index in [2.05, 4.69) is 45.4 Å². The van der Waals surface area contributed by atoms with Crippen LogP contribution in [0.1, 0.15) is 13.8 Å². The van der Waals surface area contributed by atoms with Crippen LogP contribution in [0.4, 0.5) is 11.5 Å². The lowest BCUT2D eigenvalue weighted by molar-refractivity contribution is 0.898. The average Bonchev–Trinajstić information content (AvgIpc) is 2.03. The molecule has 0 atom stereocenters. The maximum atomic E-state index is 4.23. The molecule has 0 aliphatic carbocycles. The van der Waals surface area contributed by atoms with Crippen molar-refractivity contribution in [3.63, 3.8) is 0 Å². The van der Waals surface area contributed by atoms with E-state index in [4.69, 9.17) is 0 Å². The summed E-state index contributed by atoms with van der Waals surface area (Å²) in [5.74, 6) is 0.872. The molecule has 0 fully saturated rings. The zero-order chi connectivity index (χ0) is 9.84. The number of rotatable bonds is 3. The minimum Gasteiger partial charge on any atom is -0.380 e. The molecular weight excluding hydrogens is 230 g/mol. The molecule has 0 bridgehead atoms. The molecule has 0 saturated heterocycles. The van der Waals surface area contributed by atoms with Crippen LogP contribution < -0.4 is 10.6 Å². The lowest BCUT2D eigenvalue weighted by Crippen LogP contribution is -2.11. The van der Waals surface area contributed by atoms with Crippen LogP contribution >= 0.6 is 15.9 Å². The van der Waals surface area contributed by atoms with E-state index in [0.29, 0.717) is 6.04 Å². The van der Waals surface area contributed by atoms with Gasteiger partial charge in [0, 0.05) is 23.8 Å². The van der Waals surface area contributed by atoms with Gasteiger partial charge in [-0.2, -0.15) is 0 Å². The molecule has 0 amide bonds. The summed E-state index contributed by atoms with van der Waals surface area (Å²) in [4.78, 5) is 4.23. The third-order valence-corrected chi connectivity index (χ3v) is 1.97. The first-order chi connectivity index (χ1) is 6.13. The van der Waals surface area contributed by atoms with E-state index in [9.17, 15) is 0 Å². The monoisotopic (exact) mass is 243 g/mol. The van der Waals surface area contributed by atoms with Gasteiger partial charge in [0.15, 0.2) is 0 Å². The van der Waals surface area contributed by atoms with Crippen LogP contribution in [0.25, 0.3) is 0 Å². The van der Waals surface area contributed by atoms with Gasteiger partial charge in [0.05, 0.1) is 5.69 Å². The Kier molecular flexibility index (Phi) is 3.54. The van der Waals surface area contributed by atoms with E-state index < -0.39 is 0 Å². The van der Waals surface area contributed by atoms with Crippen molar-refractivity contribution in [3.05, 3.63) is 16.7 Å². The first-order valence-electron chi connectivity index (χ1n) is 4.23. The fourth-order valence-corrected chi connectivity index (χ4v) is 1.39. The van der Waals surface area contributed by atoms with Crippen molar-refractivity contribution in [1.29, 1.82) is 0 Å². The van der Waals surface area contributed by atoms with Crippen LogP contribution in [0.15, 0.2) is 16.7 Å². The van der Waals surface area contributed by atoms with Crippen LogP contribution in [-0.4, -0.2) is 18.1 Å². The van der Waals surface area contributed by atoms with Gasteiger partial charge in [-0.05, 0) is 35.8 Å². The highest BCUT2D eigenvalue weighted by Gasteiger charge is 2.03. The topological polar surface area (TPSA) is 37.0 Å². The molecular formula is C9H14BrN3. The summed E-state index contributed by atoms with van der Waals surface area (Å²) < 4.78 is 0.981. The summed E-state index contributed by atoms with van der Waals surface area (Å²) in [6.07, 6.45) is 1.78. The van der Waals surface area contributed by atoms with Gasteiger partial charge < -0.3 is 10.6 Å². The summed E-state index contributed by atoms with van der Waals surface area (Å²) in [6, 6.07) is 2.42. The molecule has 4 heteroatoms. The number of nitrogens with zero attached hydrogens (tertiary/aromatic N) is 1. The van der Waals surface area contributed by atoms with Crippen molar-refractivity contribution in [3.8, 4) is 0 Å². The molecule has 1 heterocycles. The number of hydrogen-bond acceptors (Lipinski definition) is 3. The van der Waals surface area contributed by atoms with E-state index in [1.807, 2.05) is 13.1 Å². The Morgan fingerprint density at radius 3 is 2.69 bits per heavy atom. The number of halogens is 1. The van der Waals surface area contributed by atoms with Gasteiger partial charge in [-0.3, -0.25) is 0 Å². The Morgan fingerprint density at radius 2 is 2.15 bits per heavy atom. The van der Waals surface area contributed by atoms with E-state index in [0.717, 1.165) is 16.0 Å². The maximum absolute atomic E-state index is 4.23. The van der Waals surface area contributed by atoms with E-state index in [1.54, 1.807) is 6.20 Å². The minimum absolute atomic E-state index is 0.406. The van der Waals surface area contributed by atoms with Crippen LogP contribution in [0.5, 0.6) is 0 Å². The maximum Gasteiger partial charge on any atom is 0.149 e. The number of hydrogen-bond donors (Lipinski definition) is 2. The summed E-state index contributed by atoms with van der Waals surface area (Å²) in [5, 5.41) is 6.34. The molecule has 0 spiro atoms. The third-order valence-electron chi connectivity index (χ3n) is 1.54. The fourth-order valence-electron chi connectivity index (χ4n) is 1.06. The van der Waals surface area contributed by atoms with Gasteiger partial charge in [0.25, 0.3) is 0 Å². The molecule has 0 aliphatic rings. The second kappa shape index (κ2) is 4.46.